The molecule has 0 aliphatic carbocycles. The Kier molecular flexibility index (Phi) is 6.52. The van der Waals surface area contributed by atoms with E-state index in [9.17, 15) is 4.79 Å². The van der Waals surface area contributed by atoms with Gasteiger partial charge in [0.05, 0.1) is 0 Å². The smallest absolute Gasteiger partial charge is 0.215 e. The highest BCUT2D eigenvalue weighted by atomic mass is 16.1. The Morgan fingerprint density at radius 2 is 1.88 bits per heavy atom. The summed E-state index contributed by atoms with van der Waals surface area (Å²) in [5.41, 5.74) is 10.8. The molecule has 0 aromatic heterocycles. The predicted molar refractivity (Wildman–Crippen MR) is 104 cm³/mol. The summed E-state index contributed by atoms with van der Waals surface area (Å²) in [6.07, 6.45) is 3.03. The van der Waals surface area contributed by atoms with E-state index in [1.54, 1.807) is 0 Å². The van der Waals surface area contributed by atoms with Gasteiger partial charge in [0.15, 0.2) is 0 Å². The molecule has 3 N–H and O–H groups in total. The number of nitrogens with zero attached hydrogens (tertiary/aromatic N) is 1. The molecule has 0 unspecified atom stereocenters. The van der Waals surface area contributed by atoms with Crippen LogP contribution in [0.1, 0.15) is 30.9 Å². The first-order chi connectivity index (χ1) is 12.0. The third-order valence-electron chi connectivity index (χ3n) is 4.19. The standard InChI is InChI=1S/C21H25N3O/c1-3-24(15-25)21(23)12-5-8-17-7-4-10-19(13-17)20-11-6-9-18(14-20)16(2)22/h4,6-7,9-11,13-15,23H,2-3,5,8,12,22H2,1H3. The average Bonchev–Trinajstić information content (AvgIpc) is 2.63. The van der Waals surface area contributed by atoms with Crippen molar-refractivity contribution in [2.75, 3.05) is 6.54 Å². The second-order valence-corrected chi connectivity index (χ2v) is 6.00. The number of amidine groups is 1. The van der Waals surface area contributed by atoms with Gasteiger partial charge in [-0.25, -0.2) is 0 Å². The molecule has 2 aromatic carbocycles. The van der Waals surface area contributed by atoms with Crippen LogP contribution < -0.4 is 5.73 Å². The third-order valence-corrected chi connectivity index (χ3v) is 4.19. The number of carbonyl (C=O) groups is 1. The van der Waals surface area contributed by atoms with E-state index in [2.05, 4.69) is 30.8 Å². The van der Waals surface area contributed by atoms with Crippen molar-refractivity contribution in [2.24, 2.45) is 5.73 Å². The van der Waals surface area contributed by atoms with Crippen molar-refractivity contribution in [3.63, 3.8) is 0 Å². The van der Waals surface area contributed by atoms with Gasteiger partial charge in [0.1, 0.15) is 5.84 Å². The van der Waals surface area contributed by atoms with Crippen LogP contribution in [0.3, 0.4) is 0 Å². The molecule has 0 aliphatic rings. The van der Waals surface area contributed by atoms with E-state index in [1.807, 2.05) is 31.2 Å². The van der Waals surface area contributed by atoms with Gasteiger partial charge in [-0.15, -0.1) is 0 Å². The van der Waals surface area contributed by atoms with Gasteiger partial charge in [-0.2, -0.15) is 0 Å². The quantitative estimate of drug-likeness (QED) is 0.434. The lowest BCUT2D eigenvalue weighted by molar-refractivity contribution is -0.114. The second kappa shape index (κ2) is 8.83. The monoisotopic (exact) mass is 335 g/mol. The Hall–Kier alpha value is -2.88. The Bertz CT molecular complexity index is 767. The van der Waals surface area contributed by atoms with Crippen molar-refractivity contribution >= 4 is 17.9 Å². The maximum atomic E-state index is 10.9. The Morgan fingerprint density at radius 1 is 1.20 bits per heavy atom. The highest BCUT2D eigenvalue weighted by molar-refractivity contribution is 5.88. The van der Waals surface area contributed by atoms with Crippen LogP contribution >= 0.6 is 0 Å². The fourth-order valence-electron chi connectivity index (χ4n) is 2.74. The molecule has 0 bridgehead atoms. The van der Waals surface area contributed by atoms with E-state index >= 15 is 0 Å². The van der Waals surface area contributed by atoms with Gasteiger partial charge in [0.25, 0.3) is 0 Å². The first kappa shape index (κ1) is 18.5. The van der Waals surface area contributed by atoms with Crippen molar-refractivity contribution in [1.82, 2.24) is 4.90 Å². The van der Waals surface area contributed by atoms with Crippen LogP contribution in [0.2, 0.25) is 0 Å². The molecule has 2 aromatic rings. The Labute approximate surface area is 149 Å². The number of carbonyl (C=O) groups excluding carboxylic acids is 1. The molecule has 0 spiro atoms. The first-order valence-electron chi connectivity index (χ1n) is 8.48. The summed E-state index contributed by atoms with van der Waals surface area (Å²) in [6, 6.07) is 16.4. The number of hydrogen-bond donors (Lipinski definition) is 2. The SMILES string of the molecule is C=C(N)c1cccc(-c2cccc(CCCC(=N)N(C=O)CC)c2)c1. The molecule has 4 nitrogen and oxygen atoms in total. The summed E-state index contributed by atoms with van der Waals surface area (Å²) < 4.78 is 0. The summed E-state index contributed by atoms with van der Waals surface area (Å²) in [5, 5.41) is 7.93. The molecule has 130 valence electrons. The van der Waals surface area contributed by atoms with Gasteiger partial charge < -0.3 is 10.6 Å². The number of hydrogen-bond acceptors (Lipinski definition) is 3. The lowest BCUT2D eigenvalue weighted by Gasteiger charge is -2.15. The van der Waals surface area contributed by atoms with Gasteiger partial charge in [0, 0.05) is 18.7 Å². The molecular formula is C21H25N3O. The summed E-state index contributed by atoms with van der Waals surface area (Å²) >= 11 is 0. The van der Waals surface area contributed by atoms with E-state index in [1.165, 1.54) is 10.5 Å². The first-order valence-corrected chi connectivity index (χ1v) is 8.48. The van der Waals surface area contributed by atoms with Gasteiger partial charge in [0.2, 0.25) is 6.41 Å². The van der Waals surface area contributed by atoms with Gasteiger partial charge in [-0.3, -0.25) is 10.2 Å². The molecule has 0 saturated heterocycles. The molecule has 0 fully saturated rings. The highest BCUT2D eigenvalue weighted by Gasteiger charge is 2.06. The Morgan fingerprint density at radius 3 is 2.52 bits per heavy atom. The summed E-state index contributed by atoms with van der Waals surface area (Å²) in [6.45, 7) is 6.21. The minimum atomic E-state index is 0.378. The maximum Gasteiger partial charge on any atom is 0.215 e. The Balaban J connectivity index is 2.04. The molecule has 0 saturated carbocycles. The molecule has 4 heteroatoms. The van der Waals surface area contributed by atoms with Crippen LogP contribution in [0.5, 0.6) is 0 Å². The van der Waals surface area contributed by atoms with Crippen molar-refractivity contribution in [3.8, 4) is 11.1 Å². The lowest BCUT2D eigenvalue weighted by atomic mass is 9.98. The summed E-state index contributed by atoms with van der Waals surface area (Å²) in [4.78, 5) is 12.3. The van der Waals surface area contributed by atoms with Crippen molar-refractivity contribution in [3.05, 3.63) is 66.2 Å². The zero-order valence-corrected chi connectivity index (χ0v) is 14.7. The van der Waals surface area contributed by atoms with Crippen LogP contribution in [0.15, 0.2) is 55.1 Å². The van der Waals surface area contributed by atoms with Gasteiger partial charge in [-0.05, 0) is 48.1 Å². The second-order valence-electron chi connectivity index (χ2n) is 6.00. The largest absolute Gasteiger partial charge is 0.399 e. The predicted octanol–water partition coefficient (Wildman–Crippen LogP) is 4.06. The number of benzene rings is 2. The molecule has 2 rings (SSSR count). The molecule has 1 amide bonds. The maximum absolute atomic E-state index is 10.9. The molecule has 25 heavy (non-hydrogen) atoms. The summed E-state index contributed by atoms with van der Waals surface area (Å²) in [7, 11) is 0. The molecular weight excluding hydrogens is 310 g/mol. The van der Waals surface area contributed by atoms with E-state index in [0.29, 0.717) is 24.5 Å². The fourth-order valence-corrected chi connectivity index (χ4v) is 2.74. The van der Waals surface area contributed by atoms with Crippen LogP contribution in [0.4, 0.5) is 0 Å². The summed E-state index contributed by atoms with van der Waals surface area (Å²) in [5.74, 6) is 0.378. The average molecular weight is 335 g/mol. The zero-order valence-electron chi connectivity index (χ0n) is 14.7. The van der Waals surface area contributed by atoms with E-state index < -0.39 is 0 Å². The number of aryl methyl sites for hydroxylation is 1. The number of amides is 1. The number of rotatable bonds is 8. The van der Waals surface area contributed by atoms with Crippen molar-refractivity contribution in [2.45, 2.75) is 26.2 Å². The van der Waals surface area contributed by atoms with Crippen molar-refractivity contribution in [1.29, 1.82) is 5.41 Å². The van der Waals surface area contributed by atoms with Crippen LogP contribution in [0.25, 0.3) is 16.8 Å². The molecule has 0 aliphatic heterocycles. The van der Waals surface area contributed by atoms with E-state index in [0.717, 1.165) is 35.9 Å². The topological polar surface area (TPSA) is 70.2 Å². The van der Waals surface area contributed by atoms with E-state index in [-0.39, 0.29) is 0 Å². The van der Waals surface area contributed by atoms with Gasteiger partial charge in [-0.1, -0.05) is 49.0 Å². The molecule has 0 atom stereocenters. The number of nitrogens with two attached hydrogens (primary N) is 1. The zero-order chi connectivity index (χ0) is 18.2. The van der Waals surface area contributed by atoms with Crippen LogP contribution in [-0.2, 0) is 11.2 Å². The minimum absolute atomic E-state index is 0.378. The highest BCUT2D eigenvalue weighted by Crippen LogP contribution is 2.23. The van der Waals surface area contributed by atoms with Crippen molar-refractivity contribution < 1.29 is 4.79 Å². The van der Waals surface area contributed by atoms with Crippen LogP contribution in [-0.4, -0.2) is 23.7 Å². The molecule has 0 heterocycles. The van der Waals surface area contributed by atoms with Gasteiger partial charge >= 0.3 is 0 Å². The number of nitrogens with one attached hydrogen (secondary N) is 1. The fraction of sp³-hybridized carbons (Fsp3) is 0.238. The molecule has 0 radical (unpaired) electrons. The van der Waals surface area contributed by atoms with E-state index in [4.69, 9.17) is 11.1 Å². The normalized spacial score (nSPS) is 10.3. The minimum Gasteiger partial charge on any atom is -0.399 e. The third kappa shape index (κ3) is 5.05. The van der Waals surface area contributed by atoms with Crippen LogP contribution in [0, 0.1) is 5.41 Å². The lowest BCUT2D eigenvalue weighted by Crippen LogP contribution is -2.28.